The number of nitrogens with zero attached hydrogens (tertiary/aromatic N) is 5. The second-order valence-electron chi connectivity index (χ2n) is 8.33. The first kappa shape index (κ1) is 17.5. The summed E-state index contributed by atoms with van der Waals surface area (Å²) >= 11 is 0. The molecule has 0 amide bonds. The van der Waals surface area contributed by atoms with E-state index in [1.54, 1.807) is 0 Å². The highest BCUT2D eigenvalue weighted by Gasteiger charge is 2.35. The van der Waals surface area contributed by atoms with Crippen LogP contribution in [-0.4, -0.2) is 51.3 Å². The molecule has 0 radical (unpaired) electrons. The highest BCUT2D eigenvalue weighted by atomic mass is 16.1. The molecule has 0 aromatic carbocycles. The van der Waals surface area contributed by atoms with Gasteiger partial charge in [-0.25, -0.2) is 0 Å². The van der Waals surface area contributed by atoms with Gasteiger partial charge in [-0.05, 0) is 45.5 Å². The van der Waals surface area contributed by atoms with Crippen molar-refractivity contribution in [2.45, 2.75) is 38.9 Å². The summed E-state index contributed by atoms with van der Waals surface area (Å²) in [6, 6.07) is 6.41. The Labute approximate surface area is 155 Å². The normalized spacial score (nSPS) is 22.7. The van der Waals surface area contributed by atoms with E-state index in [1.807, 2.05) is 38.8 Å². The Bertz CT molecular complexity index is 866. The summed E-state index contributed by atoms with van der Waals surface area (Å²) < 4.78 is 4.05. The van der Waals surface area contributed by atoms with Crippen molar-refractivity contribution in [1.82, 2.24) is 24.1 Å². The summed E-state index contributed by atoms with van der Waals surface area (Å²) in [5, 5.41) is 4.47. The fourth-order valence-corrected chi connectivity index (χ4v) is 4.72. The number of hydrogen-bond acceptors (Lipinski definition) is 4. The average Bonchev–Trinajstić information content (AvgIpc) is 2.87. The van der Waals surface area contributed by atoms with Gasteiger partial charge in [0.25, 0.3) is 5.56 Å². The molecule has 0 saturated carbocycles. The van der Waals surface area contributed by atoms with Gasteiger partial charge in [0.05, 0.1) is 11.4 Å². The molecule has 6 nitrogen and oxygen atoms in total. The highest BCUT2D eigenvalue weighted by Crippen LogP contribution is 2.35. The molecule has 2 aliphatic heterocycles. The van der Waals surface area contributed by atoms with Crippen molar-refractivity contribution >= 4 is 0 Å². The van der Waals surface area contributed by atoms with Crippen molar-refractivity contribution in [2.75, 3.05) is 27.2 Å². The number of hydrogen-bond donors (Lipinski definition) is 0. The molecule has 1 saturated heterocycles. The summed E-state index contributed by atoms with van der Waals surface area (Å²) in [5.74, 6) is 1.01. The SMILES string of the molecule is Cc1cc(CN2C[C@@H]3C[C@H](C2)c2ccc(CN(C)C)c(=O)n2C3)n(C)n1. The zero-order valence-corrected chi connectivity index (χ0v) is 16.3. The third-order valence-corrected chi connectivity index (χ3v) is 5.73. The number of aromatic nitrogens is 3. The maximum absolute atomic E-state index is 12.9. The minimum absolute atomic E-state index is 0.210. The lowest BCUT2D eigenvalue weighted by atomic mass is 9.83. The number of aryl methyl sites for hydroxylation is 2. The van der Waals surface area contributed by atoms with E-state index in [1.165, 1.54) is 17.8 Å². The standard InChI is InChI=1S/C20H29N5O/c1-14-7-18(23(4)21-14)13-24-9-15-8-17(12-24)19-6-5-16(11-22(2)3)20(26)25(19)10-15/h5-7,15,17H,8-13H2,1-4H3/t15-,17+/m0/s1. The van der Waals surface area contributed by atoms with E-state index in [0.717, 1.165) is 37.4 Å². The Balaban J connectivity index is 1.57. The molecular formula is C20H29N5O. The molecule has 0 spiro atoms. The van der Waals surface area contributed by atoms with Crippen molar-refractivity contribution in [3.8, 4) is 0 Å². The van der Waals surface area contributed by atoms with Gasteiger partial charge in [-0.2, -0.15) is 5.10 Å². The van der Waals surface area contributed by atoms with Gasteiger partial charge in [-0.3, -0.25) is 14.4 Å². The molecule has 2 aromatic heterocycles. The maximum Gasteiger partial charge on any atom is 0.255 e. The van der Waals surface area contributed by atoms with Gasteiger partial charge in [0.1, 0.15) is 0 Å². The van der Waals surface area contributed by atoms with Gasteiger partial charge in [-0.1, -0.05) is 6.07 Å². The van der Waals surface area contributed by atoms with Gasteiger partial charge in [0, 0.05) is 56.9 Å². The summed E-state index contributed by atoms with van der Waals surface area (Å²) in [5.41, 5.74) is 4.67. The monoisotopic (exact) mass is 355 g/mol. The minimum Gasteiger partial charge on any atom is -0.312 e. The number of pyridine rings is 1. The van der Waals surface area contributed by atoms with E-state index in [2.05, 4.69) is 31.6 Å². The van der Waals surface area contributed by atoms with Crippen LogP contribution in [0.2, 0.25) is 0 Å². The quantitative estimate of drug-likeness (QED) is 0.835. The molecule has 4 heterocycles. The third-order valence-electron chi connectivity index (χ3n) is 5.73. The Morgan fingerprint density at radius 1 is 1.23 bits per heavy atom. The molecule has 2 atom stereocenters. The van der Waals surface area contributed by atoms with Crippen LogP contribution in [0, 0.1) is 12.8 Å². The van der Waals surface area contributed by atoms with E-state index in [9.17, 15) is 4.79 Å². The van der Waals surface area contributed by atoms with Crippen molar-refractivity contribution in [3.63, 3.8) is 0 Å². The molecule has 0 unspecified atom stereocenters. The van der Waals surface area contributed by atoms with Crippen molar-refractivity contribution in [1.29, 1.82) is 0 Å². The predicted octanol–water partition coefficient (Wildman–Crippen LogP) is 1.57. The van der Waals surface area contributed by atoms with Crippen LogP contribution in [-0.2, 0) is 26.7 Å². The topological polar surface area (TPSA) is 46.3 Å². The first-order valence-corrected chi connectivity index (χ1v) is 9.50. The second-order valence-corrected chi connectivity index (χ2v) is 8.33. The van der Waals surface area contributed by atoms with Crippen LogP contribution in [0.5, 0.6) is 0 Å². The summed E-state index contributed by atoms with van der Waals surface area (Å²) in [4.78, 5) is 17.5. The zero-order valence-electron chi connectivity index (χ0n) is 16.3. The third kappa shape index (κ3) is 3.23. The van der Waals surface area contributed by atoms with Crippen LogP contribution in [0.1, 0.15) is 35.0 Å². The van der Waals surface area contributed by atoms with Crippen molar-refractivity contribution in [3.05, 3.63) is 51.2 Å². The molecule has 0 N–H and O–H groups in total. The first-order valence-electron chi connectivity index (χ1n) is 9.50. The molecule has 4 rings (SSSR count). The molecule has 0 aliphatic carbocycles. The predicted molar refractivity (Wildman–Crippen MR) is 102 cm³/mol. The summed E-state index contributed by atoms with van der Waals surface area (Å²) in [7, 11) is 6.04. The number of rotatable bonds is 4. The molecule has 1 fully saturated rings. The van der Waals surface area contributed by atoms with Crippen LogP contribution < -0.4 is 5.56 Å². The van der Waals surface area contributed by atoms with Gasteiger partial charge >= 0.3 is 0 Å². The number of piperidine rings is 1. The summed E-state index contributed by atoms with van der Waals surface area (Å²) in [6.45, 7) is 6.63. The van der Waals surface area contributed by atoms with Crippen LogP contribution in [0.4, 0.5) is 0 Å². The van der Waals surface area contributed by atoms with Gasteiger partial charge in [0.2, 0.25) is 0 Å². The van der Waals surface area contributed by atoms with Crippen molar-refractivity contribution in [2.24, 2.45) is 13.0 Å². The van der Waals surface area contributed by atoms with Crippen LogP contribution in [0.15, 0.2) is 23.0 Å². The fraction of sp³-hybridized carbons (Fsp3) is 0.600. The van der Waals surface area contributed by atoms with Gasteiger partial charge in [-0.15, -0.1) is 0 Å². The lowest BCUT2D eigenvalue weighted by molar-refractivity contribution is 0.112. The van der Waals surface area contributed by atoms with Crippen LogP contribution in [0.25, 0.3) is 0 Å². The average molecular weight is 355 g/mol. The van der Waals surface area contributed by atoms with E-state index in [0.29, 0.717) is 18.4 Å². The number of likely N-dealkylation sites (tertiary alicyclic amines) is 1. The highest BCUT2D eigenvalue weighted by molar-refractivity contribution is 5.22. The summed E-state index contributed by atoms with van der Waals surface area (Å²) in [6.07, 6.45) is 1.20. The molecule has 140 valence electrons. The molecule has 26 heavy (non-hydrogen) atoms. The lowest BCUT2D eigenvalue weighted by Gasteiger charge is -2.43. The minimum atomic E-state index is 0.210. The van der Waals surface area contributed by atoms with Gasteiger partial charge in [0.15, 0.2) is 0 Å². The Morgan fingerprint density at radius 2 is 2.04 bits per heavy atom. The fourth-order valence-electron chi connectivity index (χ4n) is 4.72. The molecule has 6 heteroatoms. The Morgan fingerprint density at radius 3 is 2.73 bits per heavy atom. The Hall–Kier alpha value is -1.92. The molecular weight excluding hydrogens is 326 g/mol. The maximum atomic E-state index is 12.9. The van der Waals surface area contributed by atoms with Crippen LogP contribution >= 0.6 is 0 Å². The second kappa shape index (κ2) is 6.67. The molecule has 2 aromatic rings. The van der Waals surface area contributed by atoms with Gasteiger partial charge < -0.3 is 9.47 Å². The van der Waals surface area contributed by atoms with E-state index in [4.69, 9.17) is 0 Å². The van der Waals surface area contributed by atoms with E-state index >= 15 is 0 Å². The zero-order chi connectivity index (χ0) is 18.4. The Kier molecular flexibility index (Phi) is 4.49. The smallest absolute Gasteiger partial charge is 0.255 e. The van der Waals surface area contributed by atoms with Crippen LogP contribution in [0.3, 0.4) is 0 Å². The molecule has 2 bridgehead atoms. The van der Waals surface area contributed by atoms with E-state index in [-0.39, 0.29) is 5.56 Å². The van der Waals surface area contributed by atoms with E-state index < -0.39 is 0 Å². The van der Waals surface area contributed by atoms with Crippen molar-refractivity contribution < 1.29 is 0 Å². The first-order chi connectivity index (χ1) is 12.4. The molecule has 2 aliphatic rings. The largest absolute Gasteiger partial charge is 0.312 e. The number of fused-ring (bicyclic) bond motifs is 4. The lowest BCUT2D eigenvalue weighted by Crippen LogP contribution is -2.47.